The summed E-state index contributed by atoms with van der Waals surface area (Å²) in [6.07, 6.45) is 2.93. The minimum absolute atomic E-state index is 0.0283. The Hall–Kier alpha value is -2.12. The molecule has 1 amide bonds. The fourth-order valence-electron chi connectivity index (χ4n) is 1.63. The molecule has 1 aromatic rings. The Bertz CT molecular complexity index is 628. The number of primary amides is 1. The predicted octanol–water partition coefficient (Wildman–Crippen LogP) is 0.730. The van der Waals surface area contributed by atoms with Gasteiger partial charge in [-0.15, -0.1) is 13.2 Å². The Labute approximate surface area is 118 Å². The van der Waals surface area contributed by atoms with Gasteiger partial charge in [-0.1, -0.05) is 12.2 Å². The van der Waals surface area contributed by atoms with Gasteiger partial charge < -0.3 is 11.5 Å². The highest BCUT2D eigenvalue weighted by molar-refractivity contribution is 7.89. The van der Waals surface area contributed by atoms with Crippen LogP contribution in [0.3, 0.4) is 0 Å². The van der Waals surface area contributed by atoms with Gasteiger partial charge in [0.05, 0.1) is 5.69 Å². The minimum Gasteiger partial charge on any atom is -0.398 e. The maximum Gasteiger partial charge on any atom is 0.248 e. The Morgan fingerprint density at radius 1 is 1.25 bits per heavy atom. The van der Waals surface area contributed by atoms with E-state index in [9.17, 15) is 13.2 Å². The van der Waals surface area contributed by atoms with Gasteiger partial charge >= 0.3 is 0 Å². The highest BCUT2D eigenvalue weighted by Crippen LogP contribution is 2.23. The van der Waals surface area contributed by atoms with Crippen LogP contribution in [-0.4, -0.2) is 31.7 Å². The molecule has 0 bridgehead atoms. The van der Waals surface area contributed by atoms with E-state index in [-0.39, 0.29) is 29.2 Å². The van der Waals surface area contributed by atoms with Crippen molar-refractivity contribution in [3.8, 4) is 0 Å². The molecule has 7 heteroatoms. The summed E-state index contributed by atoms with van der Waals surface area (Å²) in [5.41, 5.74) is 11.0. The summed E-state index contributed by atoms with van der Waals surface area (Å²) >= 11 is 0. The van der Waals surface area contributed by atoms with Gasteiger partial charge in [0.2, 0.25) is 15.9 Å². The summed E-state index contributed by atoms with van der Waals surface area (Å²) in [5.74, 6) is -0.672. The molecule has 0 radical (unpaired) electrons. The van der Waals surface area contributed by atoms with Gasteiger partial charge in [-0.2, -0.15) is 4.31 Å². The number of amides is 1. The molecule has 0 atom stereocenters. The Morgan fingerprint density at radius 3 is 2.20 bits per heavy atom. The van der Waals surface area contributed by atoms with Crippen molar-refractivity contribution in [2.75, 3.05) is 18.8 Å². The van der Waals surface area contributed by atoms with Crippen molar-refractivity contribution in [2.24, 2.45) is 5.73 Å². The van der Waals surface area contributed by atoms with Crippen molar-refractivity contribution >= 4 is 21.6 Å². The lowest BCUT2D eigenvalue weighted by molar-refractivity contribution is 0.1000. The second-order valence-electron chi connectivity index (χ2n) is 4.02. The van der Waals surface area contributed by atoms with Crippen molar-refractivity contribution in [1.29, 1.82) is 0 Å². The number of nitrogen functional groups attached to an aromatic ring is 1. The third-order valence-electron chi connectivity index (χ3n) is 2.58. The zero-order valence-electron chi connectivity index (χ0n) is 11.0. The highest BCUT2D eigenvalue weighted by Gasteiger charge is 2.25. The first-order chi connectivity index (χ1) is 9.34. The van der Waals surface area contributed by atoms with E-state index in [1.54, 1.807) is 0 Å². The molecule has 0 aliphatic heterocycles. The molecule has 0 saturated carbocycles. The van der Waals surface area contributed by atoms with Crippen LogP contribution in [0.5, 0.6) is 0 Å². The molecule has 0 unspecified atom stereocenters. The minimum atomic E-state index is -3.78. The molecule has 0 aliphatic carbocycles. The topological polar surface area (TPSA) is 106 Å². The number of carbonyl (C=O) groups excluding carboxylic acids is 1. The SMILES string of the molecule is C=CCN(CC=C)S(=O)(=O)c1ccc(C(N)=O)cc1N. The number of rotatable bonds is 7. The van der Waals surface area contributed by atoms with Gasteiger partial charge in [0.25, 0.3) is 0 Å². The summed E-state index contributed by atoms with van der Waals surface area (Å²) in [6, 6.07) is 3.84. The standard InChI is InChI=1S/C13H17N3O3S/c1-3-7-16(8-4-2)20(18,19)12-6-5-10(13(15)17)9-11(12)14/h3-6,9H,1-2,7-8,14H2,(H2,15,17). The molecule has 4 N–H and O–H groups in total. The molecule has 1 aromatic carbocycles. The fraction of sp³-hybridized carbons (Fsp3) is 0.154. The monoisotopic (exact) mass is 295 g/mol. The van der Waals surface area contributed by atoms with Gasteiger partial charge in [-0.3, -0.25) is 4.79 Å². The average Bonchev–Trinajstić information content (AvgIpc) is 2.37. The molecular weight excluding hydrogens is 278 g/mol. The summed E-state index contributed by atoms with van der Waals surface area (Å²) < 4.78 is 26.1. The van der Waals surface area contributed by atoms with Crippen LogP contribution in [0, 0.1) is 0 Å². The van der Waals surface area contributed by atoms with Gasteiger partial charge in [0.1, 0.15) is 4.90 Å². The van der Waals surface area contributed by atoms with Crippen LogP contribution in [0.15, 0.2) is 48.4 Å². The first-order valence-corrected chi connectivity index (χ1v) is 7.20. The summed E-state index contributed by atoms with van der Waals surface area (Å²) in [7, 11) is -3.78. The van der Waals surface area contributed by atoms with Crippen molar-refractivity contribution < 1.29 is 13.2 Å². The van der Waals surface area contributed by atoms with E-state index in [4.69, 9.17) is 11.5 Å². The smallest absolute Gasteiger partial charge is 0.248 e. The average molecular weight is 295 g/mol. The third kappa shape index (κ3) is 3.25. The van der Waals surface area contributed by atoms with Crippen molar-refractivity contribution in [2.45, 2.75) is 4.90 Å². The Morgan fingerprint density at radius 2 is 1.80 bits per heavy atom. The van der Waals surface area contributed by atoms with Gasteiger partial charge in [0.15, 0.2) is 0 Å². The van der Waals surface area contributed by atoms with Crippen molar-refractivity contribution in [3.63, 3.8) is 0 Å². The van der Waals surface area contributed by atoms with E-state index in [1.165, 1.54) is 34.7 Å². The number of hydrogen-bond acceptors (Lipinski definition) is 4. The zero-order valence-corrected chi connectivity index (χ0v) is 11.8. The van der Waals surface area contributed by atoms with Crippen LogP contribution in [0.4, 0.5) is 5.69 Å². The van der Waals surface area contributed by atoms with Crippen LogP contribution >= 0.6 is 0 Å². The van der Waals surface area contributed by atoms with Crippen LogP contribution in [0.1, 0.15) is 10.4 Å². The van der Waals surface area contributed by atoms with Crippen LogP contribution in [0.25, 0.3) is 0 Å². The predicted molar refractivity (Wildman–Crippen MR) is 78.5 cm³/mol. The molecule has 0 aliphatic rings. The second-order valence-corrected chi connectivity index (χ2v) is 5.92. The maximum absolute atomic E-state index is 12.4. The molecule has 6 nitrogen and oxygen atoms in total. The lowest BCUT2D eigenvalue weighted by atomic mass is 10.2. The van der Waals surface area contributed by atoms with Crippen LogP contribution in [0.2, 0.25) is 0 Å². The summed E-state index contributed by atoms with van der Waals surface area (Å²) in [4.78, 5) is 11.0. The van der Waals surface area contributed by atoms with E-state index in [2.05, 4.69) is 13.2 Å². The Balaban J connectivity index is 3.30. The Kier molecular flexibility index (Phi) is 5.06. The number of sulfonamides is 1. The zero-order chi connectivity index (χ0) is 15.3. The number of nitrogens with zero attached hydrogens (tertiary/aromatic N) is 1. The number of carbonyl (C=O) groups is 1. The number of anilines is 1. The number of nitrogens with two attached hydrogens (primary N) is 2. The van der Waals surface area contributed by atoms with Gasteiger partial charge in [0, 0.05) is 18.7 Å². The molecule has 0 spiro atoms. The quantitative estimate of drug-likeness (QED) is 0.571. The van der Waals surface area contributed by atoms with Crippen LogP contribution in [-0.2, 0) is 10.0 Å². The molecule has 0 saturated heterocycles. The molecule has 0 aromatic heterocycles. The van der Waals surface area contributed by atoms with E-state index >= 15 is 0 Å². The summed E-state index contributed by atoms with van der Waals surface area (Å²) in [6.45, 7) is 7.29. The summed E-state index contributed by atoms with van der Waals surface area (Å²) in [5, 5.41) is 0. The lowest BCUT2D eigenvalue weighted by Gasteiger charge is -2.20. The molecule has 108 valence electrons. The van der Waals surface area contributed by atoms with Crippen LogP contribution < -0.4 is 11.5 Å². The maximum atomic E-state index is 12.4. The van der Waals surface area contributed by atoms with E-state index in [1.807, 2.05) is 0 Å². The molecule has 0 fully saturated rings. The van der Waals surface area contributed by atoms with Gasteiger partial charge in [-0.05, 0) is 18.2 Å². The third-order valence-corrected chi connectivity index (χ3v) is 4.48. The number of benzene rings is 1. The van der Waals surface area contributed by atoms with E-state index in [0.717, 1.165) is 0 Å². The van der Waals surface area contributed by atoms with Crippen molar-refractivity contribution in [3.05, 3.63) is 49.1 Å². The highest BCUT2D eigenvalue weighted by atomic mass is 32.2. The van der Waals surface area contributed by atoms with E-state index in [0.29, 0.717) is 0 Å². The molecule has 0 heterocycles. The largest absolute Gasteiger partial charge is 0.398 e. The van der Waals surface area contributed by atoms with Crippen molar-refractivity contribution in [1.82, 2.24) is 4.31 Å². The molecule has 1 rings (SSSR count). The first-order valence-electron chi connectivity index (χ1n) is 5.75. The number of hydrogen-bond donors (Lipinski definition) is 2. The van der Waals surface area contributed by atoms with Gasteiger partial charge in [-0.25, -0.2) is 8.42 Å². The second kappa shape index (κ2) is 6.36. The normalized spacial score (nSPS) is 11.2. The van der Waals surface area contributed by atoms with E-state index < -0.39 is 15.9 Å². The molecule has 20 heavy (non-hydrogen) atoms. The first kappa shape index (κ1) is 15.9. The fourth-order valence-corrected chi connectivity index (χ4v) is 3.11. The molecular formula is C13H17N3O3S. The lowest BCUT2D eigenvalue weighted by Crippen LogP contribution is -2.32.